The topological polar surface area (TPSA) is 16.1 Å². The number of halogens is 3. The maximum absolute atomic E-state index is 13.5. The molecule has 0 bridgehead atoms. The minimum absolute atomic E-state index is 0.0768. The summed E-state index contributed by atoms with van der Waals surface area (Å²) in [4.78, 5) is 5.04. The van der Waals surface area contributed by atoms with E-state index in [9.17, 15) is 13.2 Å². The molecule has 5 heteroatoms. The Labute approximate surface area is 98.5 Å². The van der Waals surface area contributed by atoms with Gasteiger partial charge in [0, 0.05) is 19.2 Å². The van der Waals surface area contributed by atoms with Crippen LogP contribution in [0.2, 0.25) is 0 Å². The molecule has 2 heterocycles. The highest BCUT2D eigenvalue weighted by Gasteiger charge is 2.28. The van der Waals surface area contributed by atoms with E-state index in [1.54, 1.807) is 4.90 Å². The Balaban J connectivity index is 2.22. The first-order chi connectivity index (χ1) is 7.99. The van der Waals surface area contributed by atoms with Crippen molar-refractivity contribution in [3.8, 4) is 0 Å². The van der Waals surface area contributed by atoms with Crippen LogP contribution in [0.25, 0.3) is 0 Å². The SMILES string of the molecule is CC(C)C1CCN(c2nc(F)c(F)cc2F)C1. The van der Waals surface area contributed by atoms with Crippen LogP contribution in [0.3, 0.4) is 0 Å². The molecule has 1 fully saturated rings. The minimum atomic E-state index is -1.24. The van der Waals surface area contributed by atoms with Crippen molar-refractivity contribution in [1.29, 1.82) is 0 Å². The lowest BCUT2D eigenvalue weighted by Gasteiger charge is -2.19. The predicted molar refractivity (Wildman–Crippen MR) is 59.3 cm³/mol. The molecule has 0 saturated carbocycles. The number of nitrogens with zero attached hydrogens (tertiary/aromatic N) is 2. The second kappa shape index (κ2) is 4.55. The molecule has 0 aliphatic carbocycles. The molecule has 1 aromatic rings. The Morgan fingerprint density at radius 1 is 1.29 bits per heavy atom. The first kappa shape index (κ1) is 12.2. The molecule has 0 N–H and O–H groups in total. The molecule has 0 aromatic carbocycles. The number of pyridine rings is 1. The Morgan fingerprint density at radius 2 is 2.00 bits per heavy atom. The van der Waals surface area contributed by atoms with Crippen molar-refractivity contribution < 1.29 is 13.2 Å². The number of hydrogen-bond donors (Lipinski definition) is 0. The van der Waals surface area contributed by atoms with Crippen molar-refractivity contribution in [3.63, 3.8) is 0 Å². The molecule has 1 aromatic heterocycles. The van der Waals surface area contributed by atoms with Gasteiger partial charge in [0.05, 0.1) is 0 Å². The van der Waals surface area contributed by atoms with Gasteiger partial charge in [-0.05, 0) is 18.3 Å². The summed E-state index contributed by atoms with van der Waals surface area (Å²) in [5, 5.41) is 0. The average molecular weight is 244 g/mol. The van der Waals surface area contributed by atoms with E-state index in [0.29, 0.717) is 31.0 Å². The molecule has 0 amide bonds. The highest BCUT2D eigenvalue weighted by molar-refractivity contribution is 5.41. The largest absolute Gasteiger partial charge is 0.354 e. The van der Waals surface area contributed by atoms with Crippen LogP contribution in [-0.2, 0) is 0 Å². The van der Waals surface area contributed by atoms with Crippen molar-refractivity contribution in [2.75, 3.05) is 18.0 Å². The summed E-state index contributed by atoms with van der Waals surface area (Å²) in [6.45, 7) is 5.48. The van der Waals surface area contributed by atoms with Gasteiger partial charge in [-0.15, -0.1) is 0 Å². The van der Waals surface area contributed by atoms with Crippen LogP contribution in [0.4, 0.5) is 19.0 Å². The van der Waals surface area contributed by atoms with E-state index >= 15 is 0 Å². The summed E-state index contributed by atoms with van der Waals surface area (Å²) >= 11 is 0. The zero-order chi connectivity index (χ0) is 12.6. The molecule has 1 aliphatic rings. The molecule has 2 nitrogen and oxygen atoms in total. The first-order valence-electron chi connectivity index (χ1n) is 5.75. The molecule has 1 aliphatic heterocycles. The highest BCUT2D eigenvalue weighted by atomic mass is 19.2. The Bertz CT molecular complexity index is 420. The summed E-state index contributed by atoms with van der Waals surface area (Å²) in [5.41, 5.74) is 0. The summed E-state index contributed by atoms with van der Waals surface area (Å²) in [6, 6.07) is 0.556. The lowest BCUT2D eigenvalue weighted by molar-refractivity contribution is 0.421. The van der Waals surface area contributed by atoms with E-state index in [2.05, 4.69) is 18.8 Å². The van der Waals surface area contributed by atoms with Crippen LogP contribution in [-0.4, -0.2) is 18.1 Å². The lowest BCUT2D eigenvalue weighted by Crippen LogP contribution is -2.24. The third-order valence-corrected chi connectivity index (χ3v) is 3.34. The summed E-state index contributed by atoms with van der Waals surface area (Å²) in [7, 11) is 0. The zero-order valence-corrected chi connectivity index (χ0v) is 9.88. The molecule has 1 atom stereocenters. The predicted octanol–water partition coefficient (Wildman–Crippen LogP) is 2.98. The van der Waals surface area contributed by atoms with Gasteiger partial charge in [-0.2, -0.15) is 9.37 Å². The van der Waals surface area contributed by atoms with Gasteiger partial charge in [0.25, 0.3) is 5.95 Å². The van der Waals surface area contributed by atoms with Crippen LogP contribution in [0.5, 0.6) is 0 Å². The van der Waals surface area contributed by atoms with E-state index in [1.165, 1.54) is 0 Å². The molecule has 17 heavy (non-hydrogen) atoms. The van der Waals surface area contributed by atoms with E-state index in [4.69, 9.17) is 0 Å². The standard InChI is InChI=1S/C12H15F3N2/c1-7(2)8-3-4-17(6-8)12-10(14)5-9(13)11(15)16-12/h5,7-8H,3-4,6H2,1-2H3. The van der Waals surface area contributed by atoms with Crippen molar-refractivity contribution in [3.05, 3.63) is 23.6 Å². The van der Waals surface area contributed by atoms with Crippen molar-refractivity contribution >= 4 is 5.82 Å². The van der Waals surface area contributed by atoms with Gasteiger partial charge in [-0.3, -0.25) is 0 Å². The van der Waals surface area contributed by atoms with Gasteiger partial charge in [0.1, 0.15) is 0 Å². The third-order valence-electron chi connectivity index (χ3n) is 3.34. The molecule has 1 unspecified atom stereocenters. The van der Waals surface area contributed by atoms with E-state index in [-0.39, 0.29) is 5.82 Å². The van der Waals surface area contributed by atoms with E-state index in [1.807, 2.05) is 0 Å². The molecule has 1 saturated heterocycles. The molecular formula is C12H15F3N2. The summed E-state index contributed by atoms with van der Waals surface area (Å²) in [6.07, 6.45) is 0.928. The molecule has 94 valence electrons. The van der Waals surface area contributed by atoms with Crippen molar-refractivity contribution in [2.45, 2.75) is 20.3 Å². The maximum Gasteiger partial charge on any atom is 0.251 e. The van der Waals surface area contributed by atoms with Gasteiger partial charge in [0.2, 0.25) is 0 Å². The maximum atomic E-state index is 13.5. The first-order valence-corrected chi connectivity index (χ1v) is 5.75. The molecule has 0 radical (unpaired) electrons. The fraction of sp³-hybridized carbons (Fsp3) is 0.583. The van der Waals surface area contributed by atoms with E-state index in [0.717, 1.165) is 6.42 Å². The fourth-order valence-electron chi connectivity index (χ4n) is 2.18. The van der Waals surface area contributed by atoms with Crippen molar-refractivity contribution in [1.82, 2.24) is 4.98 Å². The average Bonchev–Trinajstić information content (AvgIpc) is 2.72. The number of anilines is 1. The molecular weight excluding hydrogens is 229 g/mol. The van der Waals surface area contributed by atoms with Gasteiger partial charge in [-0.1, -0.05) is 13.8 Å². The lowest BCUT2D eigenvalue weighted by atomic mass is 9.95. The minimum Gasteiger partial charge on any atom is -0.354 e. The Morgan fingerprint density at radius 3 is 2.59 bits per heavy atom. The smallest absolute Gasteiger partial charge is 0.251 e. The number of aromatic nitrogens is 1. The zero-order valence-electron chi connectivity index (χ0n) is 9.88. The number of rotatable bonds is 2. The van der Waals surface area contributed by atoms with E-state index < -0.39 is 17.6 Å². The Hall–Kier alpha value is -1.26. The molecule has 0 spiro atoms. The Kier molecular flexibility index (Phi) is 3.26. The van der Waals surface area contributed by atoms with Crippen LogP contribution in [0, 0.1) is 29.4 Å². The van der Waals surface area contributed by atoms with Gasteiger partial charge >= 0.3 is 0 Å². The van der Waals surface area contributed by atoms with Crippen LogP contribution in [0.1, 0.15) is 20.3 Å². The summed E-state index contributed by atoms with van der Waals surface area (Å²) in [5.74, 6) is -2.42. The third kappa shape index (κ3) is 2.37. The van der Waals surface area contributed by atoms with Gasteiger partial charge in [-0.25, -0.2) is 8.78 Å². The van der Waals surface area contributed by atoms with Crippen LogP contribution < -0.4 is 4.90 Å². The van der Waals surface area contributed by atoms with Gasteiger partial charge in [0.15, 0.2) is 17.5 Å². The summed E-state index contributed by atoms with van der Waals surface area (Å²) < 4.78 is 39.2. The van der Waals surface area contributed by atoms with Gasteiger partial charge < -0.3 is 4.90 Å². The number of hydrogen-bond acceptors (Lipinski definition) is 2. The highest BCUT2D eigenvalue weighted by Crippen LogP contribution is 2.29. The second-order valence-corrected chi connectivity index (χ2v) is 4.81. The second-order valence-electron chi connectivity index (χ2n) is 4.81. The van der Waals surface area contributed by atoms with Crippen LogP contribution >= 0.6 is 0 Å². The quantitative estimate of drug-likeness (QED) is 0.743. The monoisotopic (exact) mass is 244 g/mol. The van der Waals surface area contributed by atoms with Crippen molar-refractivity contribution in [2.24, 2.45) is 11.8 Å². The normalized spacial score (nSPS) is 20.4. The van der Waals surface area contributed by atoms with Crippen LogP contribution in [0.15, 0.2) is 6.07 Å². The molecule has 2 rings (SSSR count). The fourth-order valence-corrected chi connectivity index (χ4v) is 2.18.